The second-order valence-corrected chi connectivity index (χ2v) is 7.79. The Labute approximate surface area is 161 Å². The van der Waals surface area contributed by atoms with E-state index in [1.54, 1.807) is 0 Å². The summed E-state index contributed by atoms with van der Waals surface area (Å²) in [6, 6.07) is 0. The van der Waals surface area contributed by atoms with Crippen LogP contribution in [0.5, 0.6) is 0 Å². The van der Waals surface area contributed by atoms with Gasteiger partial charge in [-0.1, -0.05) is 11.8 Å². The molecule has 0 radical (unpaired) electrons. The monoisotopic (exact) mass is 415 g/mol. The molecule has 2 aliphatic rings. The van der Waals surface area contributed by atoms with Gasteiger partial charge in [0.1, 0.15) is 11.1 Å². The Morgan fingerprint density at radius 2 is 2.26 bits per heavy atom. The van der Waals surface area contributed by atoms with Crippen LogP contribution >= 0.6 is 23.5 Å². The molecule has 1 aromatic rings. The van der Waals surface area contributed by atoms with E-state index in [-0.39, 0.29) is 24.4 Å². The number of carboxylic acids is 1. The van der Waals surface area contributed by atoms with Crippen LogP contribution in [0, 0.1) is 0 Å². The second-order valence-electron chi connectivity index (χ2n) is 5.78. The zero-order valence-electron chi connectivity index (χ0n) is 14.2. The maximum absolute atomic E-state index is 12.3. The Hall–Kier alpha value is -2.16. The van der Waals surface area contributed by atoms with E-state index in [2.05, 4.69) is 15.5 Å². The van der Waals surface area contributed by atoms with Gasteiger partial charge in [-0.25, -0.2) is 9.48 Å². The molecule has 3 rings (SSSR count). The number of tetrazole rings is 1. The number of carbonyl (C=O) groups excluding carboxylic acids is 2. The van der Waals surface area contributed by atoms with E-state index < -0.39 is 28.9 Å². The van der Waals surface area contributed by atoms with Crippen molar-refractivity contribution in [3.8, 4) is 0 Å². The lowest BCUT2D eigenvalue weighted by molar-refractivity contribution is -0.182. The van der Waals surface area contributed by atoms with Gasteiger partial charge >= 0.3 is 5.97 Å². The molecule has 0 aliphatic carbocycles. The van der Waals surface area contributed by atoms with E-state index in [9.17, 15) is 19.5 Å². The van der Waals surface area contributed by atoms with Gasteiger partial charge in [-0.3, -0.25) is 20.2 Å². The Kier molecular flexibility index (Phi) is 5.41. The van der Waals surface area contributed by atoms with Crippen LogP contribution in [0.3, 0.4) is 0 Å². The summed E-state index contributed by atoms with van der Waals surface area (Å²) in [5, 5.41) is 20.6. The predicted octanol–water partition coefficient (Wildman–Crippen LogP) is -1.80. The minimum atomic E-state index is -1.51. The van der Waals surface area contributed by atoms with Gasteiger partial charge in [0, 0.05) is 25.0 Å². The van der Waals surface area contributed by atoms with Crippen molar-refractivity contribution in [2.75, 3.05) is 18.6 Å². The van der Waals surface area contributed by atoms with Crippen LogP contribution in [-0.4, -0.2) is 77.7 Å². The third kappa shape index (κ3) is 3.40. The molecular weight excluding hydrogens is 398 g/mol. The van der Waals surface area contributed by atoms with Gasteiger partial charge < -0.3 is 15.6 Å². The Bertz CT molecular complexity index is 828. The van der Waals surface area contributed by atoms with Gasteiger partial charge in [0.25, 0.3) is 5.91 Å². The summed E-state index contributed by atoms with van der Waals surface area (Å²) in [7, 11) is 1.32. The number of methoxy groups -OCH3 is 1. The third-order valence-corrected chi connectivity index (χ3v) is 6.57. The largest absolute Gasteiger partial charge is 0.477 e. The first-order valence-electron chi connectivity index (χ1n) is 7.71. The molecule has 2 aliphatic heterocycles. The van der Waals surface area contributed by atoms with E-state index >= 15 is 0 Å². The lowest BCUT2D eigenvalue weighted by atomic mass is 10.00. The molecule has 1 fully saturated rings. The highest BCUT2D eigenvalue weighted by Gasteiger charge is 2.63. The van der Waals surface area contributed by atoms with Crippen LogP contribution in [0.1, 0.15) is 6.42 Å². The number of aliphatic carboxylic acids is 1. The number of nitrogens with zero attached hydrogens (tertiary/aromatic N) is 5. The minimum absolute atomic E-state index is 0.0804. The highest BCUT2D eigenvalue weighted by molar-refractivity contribution is 8.01. The van der Waals surface area contributed by atoms with Gasteiger partial charge in [0.2, 0.25) is 16.8 Å². The first kappa shape index (κ1) is 19.6. The lowest BCUT2D eigenvalue weighted by Gasteiger charge is -2.54. The SMILES string of the molecule is CO[C@@]1(N)C(=O)N2C(C(=O)O)=C(CSc3nnnn3CCC(N)=O)CS[C@@H]21. The Morgan fingerprint density at radius 3 is 2.89 bits per heavy atom. The number of β-lactam (4-membered cyclic amide) rings is 1. The van der Waals surface area contributed by atoms with E-state index in [0.29, 0.717) is 16.5 Å². The molecule has 3 heterocycles. The van der Waals surface area contributed by atoms with Gasteiger partial charge in [-0.15, -0.1) is 16.9 Å². The lowest BCUT2D eigenvalue weighted by Crippen LogP contribution is -2.78. The summed E-state index contributed by atoms with van der Waals surface area (Å²) in [5.41, 5.74) is 9.98. The number of aromatic nitrogens is 4. The van der Waals surface area contributed by atoms with Crippen LogP contribution < -0.4 is 11.5 Å². The number of thioether (sulfide) groups is 2. The minimum Gasteiger partial charge on any atom is -0.477 e. The quantitative estimate of drug-likeness (QED) is 0.247. The molecule has 2 amide bonds. The normalized spacial score (nSPS) is 24.6. The molecule has 2 atom stereocenters. The summed E-state index contributed by atoms with van der Waals surface area (Å²) in [4.78, 5) is 36.1. The molecule has 5 N–H and O–H groups in total. The Balaban J connectivity index is 1.77. The van der Waals surface area contributed by atoms with E-state index in [1.165, 1.54) is 35.3 Å². The summed E-state index contributed by atoms with van der Waals surface area (Å²) >= 11 is 2.54. The fourth-order valence-corrected chi connectivity index (χ4v) is 5.16. The fourth-order valence-electron chi connectivity index (χ4n) is 2.72. The highest BCUT2D eigenvalue weighted by Crippen LogP contribution is 2.45. The number of ether oxygens (including phenoxy) is 1. The van der Waals surface area contributed by atoms with Crippen molar-refractivity contribution in [2.24, 2.45) is 11.5 Å². The van der Waals surface area contributed by atoms with Gasteiger partial charge in [0.05, 0.1) is 6.54 Å². The van der Waals surface area contributed by atoms with Crippen molar-refractivity contribution in [2.45, 2.75) is 29.2 Å². The number of nitrogens with two attached hydrogens (primary N) is 2. The molecule has 27 heavy (non-hydrogen) atoms. The molecule has 0 spiro atoms. The van der Waals surface area contributed by atoms with Crippen LogP contribution in [0.4, 0.5) is 0 Å². The predicted molar refractivity (Wildman–Crippen MR) is 94.0 cm³/mol. The zero-order chi connectivity index (χ0) is 19.8. The van der Waals surface area contributed by atoms with Gasteiger partial charge in [-0.2, -0.15) is 0 Å². The van der Waals surface area contributed by atoms with Crippen LogP contribution in [0.15, 0.2) is 16.4 Å². The first-order chi connectivity index (χ1) is 12.8. The molecule has 0 unspecified atom stereocenters. The van der Waals surface area contributed by atoms with Crippen molar-refractivity contribution in [1.29, 1.82) is 0 Å². The molecular formula is C13H17N7O5S2. The highest BCUT2D eigenvalue weighted by atomic mass is 32.2. The summed E-state index contributed by atoms with van der Waals surface area (Å²) in [6.45, 7) is 0.223. The number of hydrogen-bond acceptors (Lipinski definition) is 10. The van der Waals surface area contributed by atoms with Crippen molar-refractivity contribution >= 4 is 41.3 Å². The topological polar surface area (TPSA) is 180 Å². The zero-order valence-corrected chi connectivity index (χ0v) is 15.8. The number of hydrogen-bond donors (Lipinski definition) is 3. The van der Waals surface area contributed by atoms with Crippen molar-refractivity contribution < 1.29 is 24.2 Å². The van der Waals surface area contributed by atoms with Crippen LogP contribution in [-0.2, 0) is 25.7 Å². The number of fused-ring (bicyclic) bond motifs is 1. The van der Waals surface area contributed by atoms with Crippen LogP contribution in [0.25, 0.3) is 0 Å². The number of carboxylic acid groups (broad SMARTS) is 1. The molecule has 12 nitrogen and oxygen atoms in total. The van der Waals surface area contributed by atoms with Crippen molar-refractivity contribution in [3.05, 3.63) is 11.3 Å². The summed E-state index contributed by atoms with van der Waals surface area (Å²) in [5.74, 6) is -1.66. The molecule has 0 saturated carbocycles. The Morgan fingerprint density at radius 1 is 1.52 bits per heavy atom. The maximum atomic E-state index is 12.3. The molecule has 146 valence electrons. The number of rotatable bonds is 8. The first-order valence-corrected chi connectivity index (χ1v) is 9.75. The van der Waals surface area contributed by atoms with Crippen molar-refractivity contribution in [3.63, 3.8) is 0 Å². The fraction of sp³-hybridized carbons (Fsp3) is 0.538. The number of aryl methyl sites for hydroxylation is 1. The molecule has 0 bridgehead atoms. The number of amides is 2. The van der Waals surface area contributed by atoms with E-state index in [0.717, 1.165) is 4.90 Å². The average molecular weight is 415 g/mol. The maximum Gasteiger partial charge on any atom is 0.352 e. The van der Waals surface area contributed by atoms with E-state index in [1.807, 2.05) is 0 Å². The number of carbonyl (C=O) groups is 3. The van der Waals surface area contributed by atoms with Gasteiger partial charge in [-0.05, 0) is 16.0 Å². The molecule has 14 heteroatoms. The van der Waals surface area contributed by atoms with Gasteiger partial charge in [0.15, 0.2) is 0 Å². The summed E-state index contributed by atoms with van der Waals surface area (Å²) < 4.78 is 6.49. The standard InChI is InChI=1S/C13H17N7O5S2/c1-25-13(15)10(24)20-8(9(22)23)6(4-26-11(13)20)5-27-12-16-17-18-19(12)3-2-7(14)21/h11H,2-5,15H2,1H3,(H2,14,21)(H,22,23)/t11-,13+/m1/s1. The third-order valence-electron chi connectivity index (χ3n) is 4.13. The molecule has 0 aromatic carbocycles. The van der Waals surface area contributed by atoms with E-state index in [4.69, 9.17) is 16.2 Å². The molecule has 1 aromatic heterocycles. The average Bonchev–Trinajstić information content (AvgIpc) is 3.09. The summed E-state index contributed by atoms with van der Waals surface area (Å²) in [6.07, 6.45) is 0.0804. The second kappa shape index (κ2) is 7.46. The van der Waals surface area contributed by atoms with Crippen molar-refractivity contribution in [1.82, 2.24) is 25.1 Å². The molecule has 1 saturated heterocycles. The van der Waals surface area contributed by atoms with Crippen LogP contribution in [0.2, 0.25) is 0 Å². The smallest absolute Gasteiger partial charge is 0.352 e. The number of primary amides is 1.